The van der Waals surface area contributed by atoms with Gasteiger partial charge < -0.3 is 5.32 Å². The zero-order valence-electron chi connectivity index (χ0n) is 12.8. The van der Waals surface area contributed by atoms with E-state index in [-0.39, 0.29) is 22.1 Å². The van der Waals surface area contributed by atoms with Gasteiger partial charge in [-0.2, -0.15) is 0 Å². The summed E-state index contributed by atoms with van der Waals surface area (Å²) in [5.41, 5.74) is 0. The van der Waals surface area contributed by atoms with Crippen LogP contribution in [-0.2, 0) is 14.8 Å². The second-order valence-electron chi connectivity index (χ2n) is 5.21. The lowest BCUT2D eigenvalue weighted by Gasteiger charge is -2.18. The van der Waals surface area contributed by atoms with Gasteiger partial charge in [-0.3, -0.25) is 4.79 Å². The Balaban J connectivity index is 2.73. The first-order valence-electron chi connectivity index (χ1n) is 7.22. The number of carbonyl (C=O) groups excluding carboxylic acids is 1. The van der Waals surface area contributed by atoms with Crippen molar-refractivity contribution >= 4 is 27.3 Å². The maximum absolute atomic E-state index is 12.3. The largest absolute Gasteiger partial charge is 0.349 e. The van der Waals surface area contributed by atoms with E-state index < -0.39 is 10.0 Å². The molecule has 0 aromatic carbocycles. The van der Waals surface area contributed by atoms with E-state index in [1.54, 1.807) is 6.07 Å². The molecule has 0 fully saturated rings. The highest BCUT2D eigenvalue weighted by atomic mass is 32.2. The second-order valence-corrected chi connectivity index (χ2v) is 8.11. The van der Waals surface area contributed by atoms with E-state index >= 15 is 0 Å². The lowest BCUT2D eigenvalue weighted by atomic mass is 9.97. The van der Waals surface area contributed by atoms with Gasteiger partial charge in [0.05, 0.1) is 6.04 Å². The molecule has 0 aliphatic carbocycles. The zero-order chi connectivity index (χ0) is 16.0. The highest BCUT2D eigenvalue weighted by Gasteiger charge is 2.21. The van der Waals surface area contributed by atoms with E-state index in [9.17, 15) is 13.2 Å². The SMILES string of the molecule is CCCC(CCC)C(=O)NC(C)c1ccc(S(N)(=O)=O)s1. The Labute approximate surface area is 131 Å². The molecular weight excluding hydrogens is 308 g/mol. The quantitative estimate of drug-likeness (QED) is 0.767. The predicted molar refractivity (Wildman–Crippen MR) is 85.6 cm³/mol. The number of rotatable bonds is 8. The van der Waals surface area contributed by atoms with E-state index in [2.05, 4.69) is 19.2 Å². The zero-order valence-corrected chi connectivity index (χ0v) is 14.4. The normalized spacial score (nSPS) is 13.4. The molecule has 0 aliphatic rings. The molecule has 0 spiro atoms. The molecule has 1 amide bonds. The first-order chi connectivity index (χ1) is 9.79. The summed E-state index contributed by atoms with van der Waals surface area (Å²) >= 11 is 1.10. The maximum Gasteiger partial charge on any atom is 0.247 e. The van der Waals surface area contributed by atoms with Crippen LogP contribution in [0.1, 0.15) is 57.4 Å². The van der Waals surface area contributed by atoms with Gasteiger partial charge in [-0.15, -0.1) is 11.3 Å². The Hall–Kier alpha value is -0.920. The second kappa shape index (κ2) is 7.91. The molecule has 0 radical (unpaired) electrons. The standard InChI is InChI=1S/C14H24N2O3S2/c1-4-6-11(7-5-2)14(17)16-10(3)12-8-9-13(20-12)21(15,18)19/h8-11H,4-7H2,1-3H3,(H,16,17)(H2,15,18,19). The Morgan fingerprint density at radius 3 is 2.29 bits per heavy atom. The summed E-state index contributed by atoms with van der Waals surface area (Å²) in [5, 5.41) is 8.06. The molecule has 5 nitrogen and oxygen atoms in total. The molecule has 0 saturated carbocycles. The van der Waals surface area contributed by atoms with E-state index in [0.29, 0.717) is 0 Å². The van der Waals surface area contributed by atoms with Gasteiger partial charge in [0.1, 0.15) is 4.21 Å². The third kappa shape index (κ3) is 5.41. The van der Waals surface area contributed by atoms with Gasteiger partial charge in [0.15, 0.2) is 0 Å². The molecule has 0 saturated heterocycles. The summed E-state index contributed by atoms with van der Waals surface area (Å²) in [4.78, 5) is 13.1. The molecule has 0 aliphatic heterocycles. The fourth-order valence-corrected chi connectivity index (χ4v) is 3.98. The van der Waals surface area contributed by atoms with Crippen molar-refractivity contribution in [2.24, 2.45) is 11.1 Å². The smallest absolute Gasteiger partial charge is 0.247 e. The number of amides is 1. The van der Waals surface area contributed by atoms with Crippen LogP contribution in [0.3, 0.4) is 0 Å². The van der Waals surface area contributed by atoms with Gasteiger partial charge in [0.25, 0.3) is 0 Å². The molecule has 1 atom stereocenters. The van der Waals surface area contributed by atoms with Crippen LogP contribution in [-0.4, -0.2) is 14.3 Å². The number of nitrogens with one attached hydrogen (secondary N) is 1. The summed E-state index contributed by atoms with van der Waals surface area (Å²) in [5.74, 6) is 0.0666. The maximum atomic E-state index is 12.3. The number of sulfonamides is 1. The Bertz CT molecular complexity index is 561. The first-order valence-corrected chi connectivity index (χ1v) is 9.58. The average molecular weight is 332 g/mol. The van der Waals surface area contributed by atoms with Crippen molar-refractivity contribution in [3.8, 4) is 0 Å². The summed E-state index contributed by atoms with van der Waals surface area (Å²) in [7, 11) is -3.67. The van der Waals surface area contributed by atoms with Gasteiger partial charge in [-0.05, 0) is 31.9 Å². The molecule has 1 rings (SSSR count). The molecule has 21 heavy (non-hydrogen) atoms. The Kier molecular flexibility index (Phi) is 6.83. The molecule has 7 heteroatoms. The van der Waals surface area contributed by atoms with Crippen LogP contribution in [0.4, 0.5) is 0 Å². The van der Waals surface area contributed by atoms with Crippen molar-refractivity contribution < 1.29 is 13.2 Å². The number of primary sulfonamides is 1. The number of carbonyl (C=O) groups is 1. The molecular formula is C14H24N2O3S2. The van der Waals surface area contributed by atoms with Crippen LogP contribution in [0.5, 0.6) is 0 Å². The van der Waals surface area contributed by atoms with E-state index in [4.69, 9.17) is 5.14 Å². The summed E-state index contributed by atoms with van der Waals surface area (Å²) < 4.78 is 22.7. The van der Waals surface area contributed by atoms with E-state index in [1.807, 2.05) is 6.92 Å². The van der Waals surface area contributed by atoms with Crippen LogP contribution in [0.25, 0.3) is 0 Å². The van der Waals surface area contributed by atoms with Crippen molar-refractivity contribution in [3.05, 3.63) is 17.0 Å². The molecule has 1 aromatic rings. The third-order valence-electron chi connectivity index (χ3n) is 3.31. The summed E-state index contributed by atoms with van der Waals surface area (Å²) in [6.07, 6.45) is 3.70. The van der Waals surface area contributed by atoms with Crippen LogP contribution in [0.15, 0.2) is 16.3 Å². The van der Waals surface area contributed by atoms with Crippen LogP contribution in [0.2, 0.25) is 0 Å². The van der Waals surface area contributed by atoms with Crippen LogP contribution in [0, 0.1) is 5.92 Å². The fourth-order valence-electron chi connectivity index (χ4n) is 2.23. The van der Waals surface area contributed by atoms with Crippen LogP contribution < -0.4 is 10.5 Å². The highest BCUT2D eigenvalue weighted by molar-refractivity contribution is 7.91. The van der Waals surface area contributed by atoms with Crippen molar-refractivity contribution in [2.75, 3.05) is 0 Å². The summed E-state index contributed by atoms with van der Waals surface area (Å²) in [6, 6.07) is 2.96. The Morgan fingerprint density at radius 2 is 1.86 bits per heavy atom. The molecule has 0 bridgehead atoms. The van der Waals surface area contributed by atoms with E-state index in [0.717, 1.165) is 41.9 Å². The number of hydrogen-bond acceptors (Lipinski definition) is 4. The van der Waals surface area contributed by atoms with Gasteiger partial charge >= 0.3 is 0 Å². The molecule has 1 heterocycles. The lowest BCUT2D eigenvalue weighted by molar-refractivity contribution is -0.126. The van der Waals surface area contributed by atoms with Crippen molar-refractivity contribution in [1.29, 1.82) is 0 Å². The molecule has 1 aromatic heterocycles. The van der Waals surface area contributed by atoms with Gasteiger partial charge in [-0.1, -0.05) is 26.7 Å². The third-order valence-corrected chi connectivity index (χ3v) is 6.02. The summed E-state index contributed by atoms with van der Waals surface area (Å²) in [6.45, 7) is 5.99. The average Bonchev–Trinajstić information content (AvgIpc) is 2.87. The predicted octanol–water partition coefficient (Wildman–Crippen LogP) is 2.79. The number of nitrogens with two attached hydrogens (primary N) is 1. The minimum atomic E-state index is -3.67. The van der Waals surface area contributed by atoms with Crippen molar-refractivity contribution in [1.82, 2.24) is 5.32 Å². The number of hydrogen-bond donors (Lipinski definition) is 2. The van der Waals surface area contributed by atoms with Crippen molar-refractivity contribution in [3.63, 3.8) is 0 Å². The first kappa shape index (κ1) is 18.1. The van der Waals surface area contributed by atoms with E-state index in [1.165, 1.54) is 6.07 Å². The fraction of sp³-hybridized carbons (Fsp3) is 0.643. The van der Waals surface area contributed by atoms with Crippen molar-refractivity contribution in [2.45, 2.75) is 56.7 Å². The van der Waals surface area contributed by atoms with Crippen LogP contribution >= 0.6 is 11.3 Å². The Morgan fingerprint density at radius 1 is 1.29 bits per heavy atom. The molecule has 1 unspecified atom stereocenters. The highest BCUT2D eigenvalue weighted by Crippen LogP contribution is 2.26. The van der Waals surface area contributed by atoms with Gasteiger partial charge in [0.2, 0.25) is 15.9 Å². The molecule has 120 valence electrons. The minimum Gasteiger partial charge on any atom is -0.349 e. The number of thiophene rings is 1. The van der Waals surface area contributed by atoms with Gasteiger partial charge in [0, 0.05) is 10.8 Å². The topological polar surface area (TPSA) is 89.3 Å². The monoisotopic (exact) mass is 332 g/mol. The molecule has 3 N–H and O–H groups in total. The van der Waals surface area contributed by atoms with Gasteiger partial charge in [-0.25, -0.2) is 13.6 Å². The lowest BCUT2D eigenvalue weighted by Crippen LogP contribution is -2.32. The minimum absolute atomic E-state index is 0.0279.